The van der Waals surface area contributed by atoms with E-state index < -0.39 is 6.04 Å². The van der Waals surface area contributed by atoms with Crippen LogP contribution in [0.2, 0.25) is 0 Å². The first-order valence-corrected chi connectivity index (χ1v) is 9.44. The first kappa shape index (κ1) is 18.9. The van der Waals surface area contributed by atoms with Gasteiger partial charge in [-0.25, -0.2) is 10.4 Å². The summed E-state index contributed by atoms with van der Waals surface area (Å²) in [5, 5.41) is 9.93. The Morgan fingerprint density at radius 1 is 1.24 bits per heavy atom. The van der Waals surface area contributed by atoms with Gasteiger partial charge in [-0.15, -0.1) is 0 Å². The summed E-state index contributed by atoms with van der Waals surface area (Å²) >= 11 is 0. The van der Waals surface area contributed by atoms with Crippen molar-refractivity contribution >= 4 is 23.8 Å². The molecular weight excluding hydrogens is 370 g/mol. The van der Waals surface area contributed by atoms with Gasteiger partial charge in [0, 0.05) is 5.69 Å². The lowest BCUT2D eigenvalue weighted by Crippen LogP contribution is -2.52. The van der Waals surface area contributed by atoms with Gasteiger partial charge in [-0.05, 0) is 42.7 Å². The molecule has 0 bridgehead atoms. The van der Waals surface area contributed by atoms with Gasteiger partial charge in [-0.3, -0.25) is 14.6 Å². The van der Waals surface area contributed by atoms with Gasteiger partial charge in [0.2, 0.25) is 5.91 Å². The van der Waals surface area contributed by atoms with E-state index >= 15 is 0 Å². The van der Waals surface area contributed by atoms with Crippen molar-refractivity contribution in [3.63, 3.8) is 0 Å². The van der Waals surface area contributed by atoms with Gasteiger partial charge in [0.05, 0.1) is 13.2 Å². The number of para-hydroxylation sites is 1. The highest BCUT2D eigenvalue weighted by Crippen LogP contribution is 2.30. The van der Waals surface area contributed by atoms with E-state index in [2.05, 4.69) is 15.8 Å². The Bertz CT molecular complexity index is 944. The number of aryl methyl sites for hydroxylation is 1. The molecule has 2 N–H and O–H groups in total. The molecule has 1 saturated heterocycles. The fourth-order valence-corrected chi connectivity index (χ4v) is 3.54. The van der Waals surface area contributed by atoms with Crippen molar-refractivity contribution in [3.05, 3.63) is 59.7 Å². The predicted octanol–water partition coefficient (Wildman–Crippen LogP) is 2.05. The molecule has 0 radical (unpaired) electrons. The molecule has 29 heavy (non-hydrogen) atoms. The van der Waals surface area contributed by atoms with Crippen LogP contribution in [0.4, 0.5) is 5.69 Å². The van der Waals surface area contributed by atoms with E-state index in [0.717, 1.165) is 22.6 Å². The summed E-state index contributed by atoms with van der Waals surface area (Å²) in [5.41, 5.74) is 6.05. The topological polar surface area (TPSA) is 86.3 Å². The van der Waals surface area contributed by atoms with Gasteiger partial charge in [0.15, 0.2) is 0 Å². The van der Waals surface area contributed by atoms with Gasteiger partial charge < -0.3 is 10.1 Å². The van der Waals surface area contributed by atoms with Gasteiger partial charge in [-0.2, -0.15) is 5.10 Å². The molecule has 2 aromatic rings. The Morgan fingerprint density at radius 3 is 2.72 bits per heavy atom. The Balaban J connectivity index is 1.39. The van der Waals surface area contributed by atoms with Crippen LogP contribution in [0, 0.1) is 6.92 Å². The summed E-state index contributed by atoms with van der Waals surface area (Å²) in [5.74, 6) is 0.305. The Kier molecular flexibility index (Phi) is 5.18. The molecule has 2 amide bonds. The molecule has 0 aromatic heterocycles. The van der Waals surface area contributed by atoms with Crippen LogP contribution in [-0.4, -0.2) is 47.9 Å². The van der Waals surface area contributed by atoms with E-state index in [1.807, 2.05) is 55.5 Å². The number of fused-ring (bicyclic) bond motifs is 1. The van der Waals surface area contributed by atoms with E-state index in [1.54, 1.807) is 18.5 Å². The van der Waals surface area contributed by atoms with Crippen molar-refractivity contribution in [2.24, 2.45) is 5.10 Å². The second-order valence-corrected chi connectivity index (χ2v) is 7.10. The van der Waals surface area contributed by atoms with Gasteiger partial charge >= 0.3 is 0 Å². The Morgan fingerprint density at radius 2 is 2.00 bits per heavy atom. The van der Waals surface area contributed by atoms with E-state index in [1.165, 1.54) is 5.01 Å². The fourth-order valence-electron chi connectivity index (χ4n) is 3.54. The number of hydrazone groups is 1. The molecule has 2 aliphatic rings. The smallest absolute Gasteiger partial charge is 0.267 e. The zero-order chi connectivity index (χ0) is 20.4. The van der Waals surface area contributed by atoms with Crippen LogP contribution in [-0.2, 0) is 9.59 Å². The average molecular weight is 393 g/mol. The van der Waals surface area contributed by atoms with E-state index in [9.17, 15) is 9.59 Å². The van der Waals surface area contributed by atoms with Crippen molar-refractivity contribution in [2.45, 2.75) is 25.4 Å². The zero-order valence-corrected chi connectivity index (χ0v) is 16.3. The average Bonchev–Trinajstić information content (AvgIpc) is 3.17. The van der Waals surface area contributed by atoms with Crippen LogP contribution in [0.15, 0.2) is 53.6 Å². The zero-order valence-electron chi connectivity index (χ0n) is 16.3. The minimum absolute atomic E-state index is 0.0120. The summed E-state index contributed by atoms with van der Waals surface area (Å²) in [4.78, 5) is 25.3. The van der Waals surface area contributed by atoms with Gasteiger partial charge in [0.25, 0.3) is 5.91 Å². The lowest BCUT2D eigenvalue weighted by atomic mass is 10.0. The highest BCUT2D eigenvalue weighted by molar-refractivity contribution is 5.96. The number of hydrogen-bond acceptors (Lipinski definition) is 6. The third kappa shape index (κ3) is 3.93. The SMILES string of the molecule is COc1ccc(C2CC3C(=O)N(CC(=O)Nc4ccccc4C)N=CN3N2)cc1. The maximum Gasteiger partial charge on any atom is 0.267 e. The maximum atomic E-state index is 12.9. The quantitative estimate of drug-likeness (QED) is 0.812. The Labute approximate surface area is 169 Å². The second-order valence-electron chi connectivity index (χ2n) is 7.10. The van der Waals surface area contributed by atoms with Crippen LogP contribution >= 0.6 is 0 Å². The first-order valence-electron chi connectivity index (χ1n) is 9.44. The highest BCUT2D eigenvalue weighted by atomic mass is 16.5. The first-order chi connectivity index (χ1) is 14.0. The fraction of sp³-hybridized carbons (Fsp3) is 0.286. The number of nitrogens with zero attached hydrogens (tertiary/aromatic N) is 3. The van der Waals surface area contributed by atoms with E-state index in [0.29, 0.717) is 6.42 Å². The second kappa shape index (κ2) is 7.92. The maximum absolute atomic E-state index is 12.9. The molecule has 8 nitrogen and oxygen atoms in total. The van der Waals surface area contributed by atoms with Gasteiger partial charge in [-0.1, -0.05) is 30.3 Å². The third-order valence-electron chi connectivity index (χ3n) is 5.19. The van der Waals surface area contributed by atoms with E-state index in [4.69, 9.17) is 4.74 Å². The minimum Gasteiger partial charge on any atom is -0.497 e. The predicted molar refractivity (Wildman–Crippen MR) is 109 cm³/mol. The summed E-state index contributed by atoms with van der Waals surface area (Å²) in [6.07, 6.45) is 2.16. The molecule has 2 aromatic carbocycles. The number of carbonyl (C=O) groups excluding carboxylic acids is 2. The number of hydrazine groups is 1. The van der Waals surface area contributed by atoms with Crippen molar-refractivity contribution in [3.8, 4) is 5.75 Å². The molecule has 0 saturated carbocycles. The molecule has 4 rings (SSSR count). The van der Waals surface area contributed by atoms with E-state index in [-0.39, 0.29) is 24.4 Å². The number of benzene rings is 2. The number of ether oxygens (including phenoxy) is 1. The van der Waals surface area contributed by atoms with Crippen LogP contribution < -0.4 is 15.5 Å². The van der Waals surface area contributed by atoms with Crippen molar-refractivity contribution in [1.82, 2.24) is 15.4 Å². The van der Waals surface area contributed by atoms with Crippen molar-refractivity contribution < 1.29 is 14.3 Å². The minimum atomic E-state index is -0.397. The highest BCUT2D eigenvalue weighted by Gasteiger charge is 2.41. The number of amides is 2. The molecule has 0 spiro atoms. The molecule has 2 unspecified atom stereocenters. The lowest BCUT2D eigenvalue weighted by molar-refractivity contribution is -0.139. The standard InChI is InChI=1S/C21H23N5O3/c1-14-5-3-4-6-17(14)23-20(27)12-25-21(28)19-11-18(24-26(19)13-22-25)15-7-9-16(29-2)10-8-15/h3-10,13,18-19,24H,11-12H2,1-2H3,(H,23,27). The number of methoxy groups -OCH3 is 1. The lowest BCUT2D eigenvalue weighted by Gasteiger charge is -2.29. The summed E-state index contributed by atoms with van der Waals surface area (Å²) in [6, 6.07) is 14.8. The number of carbonyl (C=O) groups is 2. The van der Waals surface area contributed by atoms with Crippen molar-refractivity contribution in [1.29, 1.82) is 0 Å². The summed E-state index contributed by atoms with van der Waals surface area (Å²) in [7, 11) is 1.63. The van der Waals surface area contributed by atoms with Crippen LogP contribution in [0.3, 0.4) is 0 Å². The van der Waals surface area contributed by atoms with Crippen LogP contribution in [0.5, 0.6) is 5.75 Å². The molecule has 2 heterocycles. The van der Waals surface area contributed by atoms with Crippen LogP contribution in [0.1, 0.15) is 23.6 Å². The monoisotopic (exact) mass is 393 g/mol. The summed E-state index contributed by atoms with van der Waals surface area (Å²) in [6.45, 7) is 1.79. The number of anilines is 1. The molecule has 0 aliphatic carbocycles. The molecule has 1 fully saturated rings. The number of rotatable bonds is 5. The number of nitrogens with one attached hydrogen (secondary N) is 2. The Hall–Kier alpha value is -3.39. The summed E-state index contributed by atoms with van der Waals surface area (Å²) < 4.78 is 5.19. The normalized spacial score (nSPS) is 20.6. The van der Waals surface area contributed by atoms with Gasteiger partial charge in [0.1, 0.15) is 24.7 Å². The molecule has 150 valence electrons. The van der Waals surface area contributed by atoms with Crippen LogP contribution in [0.25, 0.3) is 0 Å². The van der Waals surface area contributed by atoms with Crippen molar-refractivity contribution in [2.75, 3.05) is 19.0 Å². The number of hydrogen-bond donors (Lipinski definition) is 2. The molecular formula is C21H23N5O3. The molecule has 2 aliphatic heterocycles. The molecule has 8 heteroatoms. The largest absolute Gasteiger partial charge is 0.497 e. The molecule has 2 atom stereocenters. The third-order valence-corrected chi connectivity index (χ3v) is 5.19.